The van der Waals surface area contributed by atoms with Gasteiger partial charge in [0.2, 0.25) is 10.0 Å². The average Bonchev–Trinajstić information content (AvgIpc) is 3.25. The zero-order valence-corrected chi connectivity index (χ0v) is 23.4. The van der Waals surface area contributed by atoms with Crippen LogP contribution < -0.4 is 4.90 Å². The molecule has 0 aliphatic carbocycles. The Bertz CT molecular complexity index is 1490. The van der Waals surface area contributed by atoms with Crippen LogP contribution in [0.25, 0.3) is 21.6 Å². The van der Waals surface area contributed by atoms with Gasteiger partial charge in [0.25, 0.3) is 0 Å². The van der Waals surface area contributed by atoms with Gasteiger partial charge in [0.1, 0.15) is 0 Å². The Kier molecular flexibility index (Phi) is 7.53. The van der Waals surface area contributed by atoms with Gasteiger partial charge in [-0.05, 0) is 17.7 Å². The van der Waals surface area contributed by atoms with Crippen LogP contribution in [0.3, 0.4) is 0 Å². The lowest BCUT2D eigenvalue weighted by Crippen LogP contribution is -2.47. The van der Waals surface area contributed by atoms with E-state index < -0.39 is 19.9 Å². The number of sulfone groups is 1. The normalized spacial score (nSPS) is 18.5. The van der Waals surface area contributed by atoms with Gasteiger partial charge in [0, 0.05) is 62.5 Å². The number of morpholine rings is 1. The van der Waals surface area contributed by atoms with E-state index in [1.54, 1.807) is 17.4 Å². The van der Waals surface area contributed by atoms with Crippen LogP contribution in [-0.4, -0.2) is 101 Å². The number of fused-ring (bicyclic) bond motifs is 1. The van der Waals surface area contributed by atoms with E-state index in [9.17, 15) is 16.8 Å². The fraction of sp³-hybridized carbons (Fsp3) is 0.500. The molecule has 0 amide bonds. The van der Waals surface area contributed by atoms with E-state index in [0.717, 1.165) is 46.1 Å². The van der Waals surface area contributed by atoms with Crippen LogP contribution in [0.4, 0.5) is 5.82 Å². The molecule has 1 aromatic carbocycles. The van der Waals surface area contributed by atoms with Crippen molar-refractivity contribution in [2.75, 3.05) is 69.9 Å². The van der Waals surface area contributed by atoms with Crippen molar-refractivity contribution in [3.05, 3.63) is 40.8 Å². The van der Waals surface area contributed by atoms with E-state index in [2.05, 4.69) is 15.9 Å². The number of anilines is 1. The zero-order valence-electron chi connectivity index (χ0n) is 21.0. The molecule has 3 aromatic rings. The van der Waals surface area contributed by atoms with Crippen molar-refractivity contribution in [2.45, 2.75) is 12.3 Å². The quantitative estimate of drug-likeness (QED) is 0.423. The van der Waals surface area contributed by atoms with Crippen molar-refractivity contribution in [1.29, 1.82) is 0 Å². The van der Waals surface area contributed by atoms with Gasteiger partial charge in [0.15, 0.2) is 21.5 Å². The summed E-state index contributed by atoms with van der Waals surface area (Å²) in [7, 11) is -6.32. The lowest BCUT2D eigenvalue weighted by molar-refractivity contribution is 0.122. The average molecular weight is 566 g/mol. The molecule has 2 aliphatic heterocycles. The van der Waals surface area contributed by atoms with E-state index >= 15 is 0 Å². The van der Waals surface area contributed by atoms with Gasteiger partial charge in [-0.15, -0.1) is 11.3 Å². The van der Waals surface area contributed by atoms with Crippen molar-refractivity contribution in [3.63, 3.8) is 0 Å². The first kappa shape index (κ1) is 26.4. The SMILES string of the molecule is CS(=O)(=O)Cc1cccc(-c2nc(N3CCOCC3)c3sc(CN4CCN(S(C)(=O)=O)CC4)cc3n2)c1. The van der Waals surface area contributed by atoms with Crippen LogP contribution >= 0.6 is 11.3 Å². The van der Waals surface area contributed by atoms with Crippen LogP contribution in [0.1, 0.15) is 10.4 Å². The third kappa shape index (κ3) is 6.47. The maximum Gasteiger partial charge on any atom is 0.211 e. The second-order valence-corrected chi connectivity index (χ2v) is 14.9. The Hall–Kier alpha value is -2.16. The molecule has 200 valence electrons. The predicted octanol–water partition coefficient (Wildman–Crippen LogP) is 1.82. The van der Waals surface area contributed by atoms with Crippen LogP contribution in [-0.2, 0) is 36.9 Å². The minimum Gasteiger partial charge on any atom is -0.378 e. The molecule has 0 radical (unpaired) electrons. The minimum atomic E-state index is -3.16. The Labute approximate surface area is 221 Å². The van der Waals surface area contributed by atoms with Gasteiger partial charge in [0.05, 0.1) is 35.4 Å². The first-order chi connectivity index (χ1) is 17.5. The molecule has 13 heteroatoms. The molecule has 2 aliphatic rings. The molecule has 4 heterocycles. The number of nitrogens with zero attached hydrogens (tertiary/aromatic N) is 5. The molecule has 2 saturated heterocycles. The number of thiophene rings is 1. The smallest absolute Gasteiger partial charge is 0.211 e. The van der Waals surface area contributed by atoms with E-state index in [1.807, 2.05) is 18.2 Å². The highest BCUT2D eigenvalue weighted by Gasteiger charge is 2.25. The van der Waals surface area contributed by atoms with Crippen LogP contribution in [0.5, 0.6) is 0 Å². The minimum absolute atomic E-state index is 0.0331. The maximum absolute atomic E-state index is 11.8. The third-order valence-corrected chi connectivity index (χ3v) is 9.77. The van der Waals surface area contributed by atoms with Crippen LogP contribution in [0.15, 0.2) is 30.3 Å². The highest BCUT2D eigenvalue weighted by atomic mass is 32.2. The van der Waals surface area contributed by atoms with E-state index in [4.69, 9.17) is 14.7 Å². The molecule has 0 unspecified atom stereocenters. The Balaban J connectivity index is 1.47. The Morgan fingerprint density at radius 3 is 2.35 bits per heavy atom. The standard InChI is InChI=1S/C24H31N5O5S3/c1-36(30,31)17-18-4-3-5-19(14-18)23-25-21-15-20(16-27-6-8-29(9-7-27)37(2,32)33)35-22(21)24(26-23)28-10-12-34-13-11-28/h3-5,14-15H,6-13,16-17H2,1-2H3. The molecule has 0 atom stereocenters. The van der Waals surface area contributed by atoms with Crippen molar-refractivity contribution in [3.8, 4) is 11.4 Å². The second-order valence-electron chi connectivity index (χ2n) is 9.61. The van der Waals surface area contributed by atoms with Crippen molar-refractivity contribution < 1.29 is 21.6 Å². The van der Waals surface area contributed by atoms with Gasteiger partial charge in [-0.2, -0.15) is 4.31 Å². The van der Waals surface area contributed by atoms with Gasteiger partial charge >= 0.3 is 0 Å². The van der Waals surface area contributed by atoms with Crippen molar-refractivity contribution >= 4 is 47.2 Å². The summed E-state index contributed by atoms with van der Waals surface area (Å²) in [5.74, 6) is 1.40. The maximum atomic E-state index is 11.8. The van der Waals surface area contributed by atoms with Gasteiger partial charge in [-0.1, -0.05) is 18.2 Å². The van der Waals surface area contributed by atoms with Gasteiger partial charge in [-0.25, -0.2) is 26.8 Å². The summed E-state index contributed by atoms with van der Waals surface area (Å²) < 4.78 is 55.5. The molecule has 2 aromatic heterocycles. The van der Waals surface area contributed by atoms with Crippen molar-refractivity contribution in [1.82, 2.24) is 19.2 Å². The zero-order chi connectivity index (χ0) is 26.2. The number of hydrogen-bond donors (Lipinski definition) is 0. The van der Waals surface area contributed by atoms with E-state index in [-0.39, 0.29) is 5.75 Å². The molecular formula is C24H31N5O5S3. The lowest BCUT2D eigenvalue weighted by atomic mass is 10.1. The highest BCUT2D eigenvalue weighted by molar-refractivity contribution is 7.89. The molecule has 0 spiro atoms. The fourth-order valence-corrected chi connectivity index (χ4v) is 7.47. The molecule has 5 rings (SSSR count). The lowest BCUT2D eigenvalue weighted by Gasteiger charge is -2.32. The molecular weight excluding hydrogens is 534 g/mol. The molecule has 0 saturated carbocycles. The Morgan fingerprint density at radius 2 is 1.68 bits per heavy atom. The fourth-order valence-electron chi connectivity index (χ4n) is 4.70. The molecule has 0 N–H and O–H groups in total. The summed E-state index contributed by atoms with van der Waals surface area (Å²) in [6, 6.07) is 9.49. The van der Waals surface area contributed by atoms with Crippen molar-refractivity contribution in [2.24, 2.45) is 0 Å². The first-order valence-corrected chi connectivity index (χ1v) is 16.9. The summed E-state index contributed by atoms with van der Waals surface area (Å²) in [6.07, 6.45) is 2.49. The van der Waals surface area contributed by atoms with Crippen LogP contribution in [0, 0.1) is 0 Å². The largest absolute Gasteiger partial charge is 0.378 e. The van der Waals surface area contributed by atoms with Crippen LogP contribution in [0.2, 0.25) is 0 Å². The number of rotatable bonds is 7. The third-order valence-electron chi connectivity index (χ3n) is 6.51. The second kappa shape index (κ2) is 10.5. The highest BCUT2D eigenvalue weighted by Crippen LogP contribution is 2.35. The summed E-state index contributed by atoms with van der Waals surface area (Å²) in [5, 5.41) is 0. The summed E-state index contributed by atoms with van der Waals surface area (Å²) in [5.41, 5.74) is 2.34. The summed E-state index contributed by atoms with van der Waals surface area (Å²) >= 11 is 1.67. The Morgan fingerprint density at radius 1 is 0.946 bits per heavy atom. The molecule has 10 nitrogen and oxygen atoms in total. The number of benzene rings is 1. The number of aromatic nitrogens is 2. The first-order valence-electron chi connectivity index (χ1n) is 12.1. The van der Waals surface area contributed by atoms with Gasteiger partial charge < -0.3 is 9.64 Å². The summed E-state index contributed by atoms with van der Waals surface area (Å²) in [6.45, 7) is 5.82. The van der Waals surface area contributed by atoms with Gasteiger partial charge in [-0.3, -0.25) is 4.90 Å². The monoisotopic (exact) mass is 565 g/mol. The molecule has 0 bridgehead atoms. The number of sulfonamides is 1. The topological polar surface area (TPSA) is 113 Å². The molecule has 37 heavy (non-hydrogen) atoms. The summed E-state index contributed by atoms with van der Waals surface area (Å²) in [4.78, 5) is 15.5. The van der Waals surface area contributed by atoms with E-state index in [1.165, 1.54) is 16.8 Å². The molecule has 2 fully saturated rings. The number of piperazine rings is 1. The van der Waals surface area contributed by atoms with E-state index in [0.29, 0.717) is 50.8 Å². The predicted molar refractivity (Wildman–Crippen MR) is 146 cm³/mol. The number of hydrogen-bond acceptors (Lipinski definition) is 10. The number of ether oxygens (including phenoxy) is 1.